The minimum absolute atomic E-state index is 0.155. The van der Waals surface area contributed by atoms with Crippen molar-refractivity contribution >= 4 is 11.9 Å². The number of hydrogen-bond acceptors (Lipinski definition) is 3. The highest BCUT2D eigenvalue weighted by atomic mass is 16.6. The second-order valence-corrected chi connectivity index (χ2v) is 4.41. The first-order chi connectivity index (χ1) is 5.95. The summed E-state index contributed by atoms with van der Waals surface area (Å²) in [6.45, 7) is 8.02. The van der Waals surface area contributed by atoms with Gasteiger partial charge in [0.05, 0.1) is 0 Å². The van der Waals surface area contributed by atoms with Crippen molar-refractivity contribution in [2.24, 2.45) is 10.4 Å². The van der Waals surface area contributed by atoms with Crippen LogP contribution in [0.25, 0.3) is 0 Å². The smallest absolute Gasteiger partial charge is 0.337 e. The lowest BCUT2D eigenvalue weighted by Crippen LogP contribution is -2.21. The fraction of sp³-hybridized carbons (Fsp3) is 0.800. The van der Waals surface area contributed by atoms with Crippen molar-refractivity contribution in [1.82, 2.24) is 0 Å². The predicted molar refractivity (Wildman–Crippen MR) is 51.7 cm³/mol. The van der Waals surface area contributed by atoms with Crippen molar-refractivity contribution < 1.29 is 9.53 Å². The van der Waals surface area contributed by atoms with Crippen molar-refractivity contribution in [1.29, 1.82) is 0 Å². The summed E-state index contributed by atoms with van der Waals surface area (Å²) in [4.78, 5) is 15.6. The normalized spacial score (nSPS) is 22.9. The molecule has 0 saturated carbocycles. The predicted octanol–water partition coefficient (Wildman–Crippen LogP) is 2.16. The first-order valence-electron chi connectivity index (χ1n) is 4.75. The average molecular weight is 183 g/mol. The van der Waals surface area contributed by atoms with Gasteiger partial charge in [-0.15, -0.1) is 0 Å². The molecule has 0 aromatic rings. The highest BCUT2D eigenvalue weighted by Crippen LogP contribution is 2.24. The zero-order chi connectivity index (χ0) is 10.1. The van der Waals surface area contributed by atoms with Crippen LogP contribution in [0.3, 0.4) is 0 Å². The Bertz CT molecular complexity index is 238. The molecule has 3 nitrogen and oxygen atoms in total. The van der Waals surface area contributed by atoms with E-state index in [1.807, 2.05) is 27.7 Å². The zero-order valence-electron chi connectivity index (χ0n) is 8.76. The molecule has 1 atom stereocenters. The third kappa shape index (κ3) is 2.29. The molecule has 0 saturated heterocycles. The molecule has 74 valence electrons. The van der Waals surface area contributed by atoms with Crippen molar-refractivity contribution in [3.05, 3.63) is 0 Å². The second-order valence-electron chi connectivity index (χ2n) is 4.41. The minimum atomic E-state index is -0.251. The van der Waals surface area contributed by atoms with Crippen LogP contribution in [-0.2, 0) is 9.53 Å². The second kappa shape index (κ2) is 3.48. The quantitative estimate of drug-likeness (QED) is 0.615. The molecule has 0 bridgehead atoms. The fourth-order valence-electron chi connectivity index (χ4n) is 1.19. The van der Waals surface area contributed by atoms with Crippen LogP contribution in [0, 0.1) is 5.41 Å². The van der Waals surface area contributed by atoms with Crippen molar-refractivity contribution in [3.63, 3.8) is 0 Å². The van der Waals surface area contributed by atoms with Gasteiger partial charge in [0.15, 0.2) is 11.9 Å². The summed E-state index contributed by atoms with van der Waals surface area (Å²) in [5.74, 6) is 0.391. The number of ether oxygens (including phenoxy) is 1. The summed E-state index contributed by atoms with van der Waals surface area (Å²) >= 11 is 0. The molecule has 1 aliphatic rings. The third-order valence-electron chi connectivity index (χ3n) is 1.95. The number of rotatable bonds is 2. The molecule has 0 aromatic carbocycles. The van der Waals surface area contributed by atoms with Gasteiger partial charge in [0.1, 0.15) is 0 Å². The highest BCUT2D eigenvalue weighted by Gasteiger charge is 2.34. The van der Waals surface area contributed by atoms with Gasteiger partial charge in [0.25, 0.3) is 0 Å². The van der Waals surface area contributed by atoms with Gasteiger partial charge in [-0.1, -0.05) is 34.1 Å². The number of carbonyl (C=O) groups excluding carboxylic acids is 1. The number of cyclic esters (lactones) is 1. The number of aliphatic imine (C=N–C) groups is 1. The Kier molecular flexibility index (Phi) is 2.74. The summed E-state index contributed by atoms with van der Waals surface area (Å²) in [6, 6.07) is -0.251. The molecule has 0 fully saturated rings. The molecule has 0 spiro atoms. The largest absolute Gasteiger partial charge is 0.410 e. The molecular weight excluding hydrogens is 166 g/mol. The Morgan fingerprint density at radius 2 is 2.08 bits per heavy atom. The Labute approximate surface area is 79.2 Å². The Morgan fingerprint density at radius 3 is 2.46 bits per heavy atom. The molecular formula is C10H17NO2. The SMILES string of the molecule is CCC[C@@H]1N=C(C(C)(C)C)OC1=O. The molecule has 13 heavy (non-hydrogen) atoms. The number of hydrogen-bond donors (Lipinski definition) is 0. The first-order valence-corrected chi connectivity index (χ1v) is 4.75. The van der Waals surface area contributed by atoms with E-state index in [1.165, 1.54) is 0 Å². The van der Waals surface area contributed by atoms with Crippen LogP contribution < -0.4 is 0 Å². The van der Waals surface area contributed by atoms with Gasteiger partial charge in [-0.25, -0.2) is 9.79 Å². The van der Waals surface area contributed by atoms with Crippen LogP contribution in [-0.4, -0.2) is 17.9 Å². The first kappa shape index (κ1) is 10.2. The van der Waals surface area contributed by atoms with Crippen LogP contribution in [0.4, 0.5) is 0 Å². The van der Waals surface area contributed by atoms with Crippen molar-refractivity contribution in [3.8, 4) is 0 Å². The maximum Gasteiger partial charge on any atom is 0.337 e. The molecule has 0 amide bonds. The van der Waals surface area contributed by atoms with Gasteiger partial charge in [-0.05, 0) is 6.42 Å². The van der Waals surface area contributed by atoms with Gasteiger partial charge in [0.2, 0.25) is 0 Å². The van der Waals surface area contributed by atoms with Crippen LogP contribution in [0.5, 0.6) is 0 Å². The molecule has 1 rings (SSSR count). The van der Waals surface area contributed by atoms with Crippen molar-refractivity contribution in [2.75, 3.05) is 0 Å². The highest BCUT2D eigenvalue weighted by molar-refractivity contribution is 5.99. The van der Waals surface area contributed by atoms with Gasteiger partial charge in [-0.2, -0.15) is 0 Å². The Hall–Kier alpha value is -0.860. The van der Waals surface area contributed by atoms with Crippen LogP contribution in [0.2, 0.25) is 0 Å². The van der Waals surface area contributed by atoms with Crippen LogP contribution in [0.15, 0.2) is 4.99 Å². The van der Waals surface area contributed by atoms with E-state index in [1.54, 1.807) is 0 Å². The van der Waals surface area contributed by atoms with Gasteiger partial charge >= 0.3 is 5.97 Å². The molecule has 1 heterocycles. The zero-order valence-corrected chi connectivity index (χ0v) is 8.76. The van der Waals surface area contributed by atoms with Gasteiger partial charge < -0.3 is 4.74 Å². The summed E-state index contributed by atoms with van der Waals surface area (Å²) < 4.78 is 5.10. The minimum Gasteiger partial charge on any atom is -0.410 e. The van der Waals surface area contributed by atoms with E-state index in [2.05, 4.69) is 4.99 Å². The molecule has 0 N–H and O–H groups in total. The standard InChI is InChI=1S/C10H17NO2/c1-5-6-7-8(12)13-9(11-7)10(2,3)4/h7H,5-6H2,1-4H3/t7-/m0/s1. The van der Waals surface area contributed by atoms with E-state index in [9.17, 15) is 4.79 Å². The van der Waals surface area contributed by atoms with Gasteiger partial charge in [-0.3, -0.25) is 0 Å². The van der Waals surface area contributed by atoms with Gasteiger partial charge in [0, 0.05) is 5.41 Å². The molecule has 0 unspecified atom stereocenters. The number of carbonyl (C=O) groups is 1. The monoisotopic (exact) mass is 183 g/mol. The molecule has 0 aromatic heterocycles. The molecule has 0 aliphatic carbocycles. The van der Waals surface area contributed by atoms with E-state index in [-0.39, 0.29) is 17.4 Å². The van der Waals surface area contributed by atoms with E-state index < -0.39 is 0 Å². The maximum absolute atomic E-state index is 11.3. The lowest BCUT2D eigenvalue weighted by atomic mass is 9.97. The summed E-state index contributed by atoms with van der Waals surface area (Å²) in [5.41, 5.74) is -0.155. The van der Waals surface area contributed by atoms with E-state index in [0.29, 0.717) is 5.90 Å². The third-order valence-corrected chi connectivity index (χ3v) is 1.95. The molecule has 1 aliphatic heterocycles. The maximum atomic E-state index is 11.3. The van der Waals surface area contributed by atoms with Crippen molar-refractivity contribution in [2.45, 2.75) is 46.6 Å². The number of nitrogens with zero attached hydrogens (tertiary/aromatic N) is 1. The van der Waals surface area contributed by atoms with E-state index >= 15 is 0 Å². The average Bonchev–Trinajstić information content (AvgIpc) is 2.32. The molecule has 3 heteroatoms. The Balaban J connectivity index is 2.72. The van der Waals surface area contributed by atoms with E-state index in [4.69, 9.17) is 4.74 Å². The van der Waals surface area contributed by atoms with Crippen LogP contribution >= 0.6 is 0 Å². The summed E-state index contributed by atoms with van der Waals surface area (Å²) in [7, 11) is 0. The lowest BCUT2D eigenvalue weighted by molar-refractivity contribution is -0.135. The Morgan fingerprint density at radius 1 is 1.46 bits per heavy atom. The van der Waals surface area contributed by atoms with E-state index in [0.717, 1.165) is 12.8 Å². The fourth-order valence-corrected chi connectivity index (χ4v) is 1.19. The topological polar surface area (TPSA) is 38.7 Å². The number of esters is 1. The molecule has 0 radical (unpaired) electrons. The summed E-state index contributed by atoms with van der Waals surface area (Å²) in [5, 5.41) is 0. The van der Waals surface area contributed by atoms with Crippen LogP contribution in [0.1, 0.15) is 40.5 Å². The summed E-state index contributed by atoms with van der Waals surface area (Å²) in [6.07, 6.45) is 1.75. The lowest BCUT2D eigenvalue weighted by Gasteiger charge is -2.15.